The van der Waals surface area contributed by atoms with Crippen molar-refractivity contribution in [3.63, 3.8) is 0 Å². The van der Waals surface area contributed by atoms with Crippen LogP contribution < -0.4 is 4.90 Å². The number of hydrogen-bond donors (Lipinski definition) is 0. The Morgan fingerprint density at radius 1 is 0.909 bits per heavy atom. The van der Waals surface area contributed by atoms with Crippen LogP contribution in [0.15, 0.2) is 23.1 Å². The van der Waals surface area contributed by atoms with E-state index in [4.69, 9.17) is 4.74 Å². The van der Waals surface area contributed by atoms with Crippen molar-refractivity contribution in [1.29, 1.82) is 0 Å². The highest BCUT2D eigenvalue weighted by atomic mass is 32.2. The lowest BCUT2D eigenvalue weighted by Crippen LogP contribution is -2.49. The fourth-order valence-electron chi connectivity index (χ4n) is 4.77. The predicted octanol–water partition coefficient (Wildman–Crippen LogP) is 2.24. The molecule has 0 spiro atoms. The molecular weight excluding hydrogens is 440 g/mol. The highest BCUT2D eigenvalue weighted by molar-refractivity contribution is 7.89. The standard InChI is InChI=1S/C24H34N4O4S/c1-17-6-7-18(2)21(16-17)26-8-10-28(11-9-26)33(30,31)23-20(4)25(5)19(3)22(23)24(29)27-12-14-32-15-13-27/h6-7,16H,8-15H2,1-5H3. The van der Waals surface area contributed by atoms with E-state index in [1.54, 1.807) is 11.8 Å². The van der Waals surface area contributed by atoms with Crippen LogP contribution in [0.4, 0.5) is 5.69 Å². The van der Waals surface area contributed by atoms with Crippen molar-refractivity contribution in [1.82, 2.24) is 13.8 Å². The predicted molar refractivity (Wildman–Crippen MR) is 128 cm³/mol. The summed E-state index contributed by atoms with van der Waals surface area (Å²) in [5, 5.41) is 0. The molecule has 2 aromatic rings. The smallest absolute Gasteiger partial charge is 0.257 e. The zero-order chi connectivity index (χ0) is 23.9. The van der Waals surface area contributed by atoms with Crippen LogP contribution in [0.25, 0.3) is 0 Å². The molecule has 1 amide bonds. The maximum absolute atomic E-state index is 13.8. The summed E-state index contributed by atoms with van der Waals surface area (Å²) in [6, 6.07) is 6.35. The van der Waals surface area contributed by atoms with Gasteiger partial charge >= 0.3 is 0 Å². The number of rotatable bonds is 4. The van der Waals surface area contributed by atoms with Gasteiger partial charge in [0.25, 0.3) is 5.91 Å². The van der Waals surface area contributed by atoms with Crippen molar-refractivity contribution in [3.05, 3.63) is 46.3 Å². The van der Waals surface area contributed by atoms with Crippen LogP contribution in [0.2, 0.25) is 0 Å². The third kappa shape index (κ3) is 4.29. The minimum absolute atomic E-state index is 0.152. The van der Waals surface area contributed by atoms with Crippen molar-refractivity contribution in [2.45, 2.75) is 32.6 Å². The Labute approximate surface area is 196 Å². The zero-order valence-corrected chi connectivity index (χ0v) is 21.0. The number of aromatic nitrogens is 1. The van der Waals surface area contributed by atoms with Gasteiger partial charge in [0.15, 0.2) is 0 Å². The first-order chi connectivity index (χ1) is 15.6. The van der Waals surface area contributed by atoms with Crippen LogP contribution in [0, 0.1) is 27.7 Å². The summed E-state index contributed by atoms with van der Waals surface area (Å²) in [6.45, 7) is 11.6. The third-order valence-electron chi connectivity index (χ3n) is 6.98. The summed E-state index contributed by atoms with van der Waals surface area (Å²) in [7, 11) is -2.01. The Hall–Kier alpha value is -2.36. The lowest BCUT2D eigenvalue weighted by atomic mass is 10.1. The second kappa shape index (κ2) is 9.12. The summed E-state index contributed by atoms with van der Waals surface area (Å²) >= 11 is 0. The van der Waals surface area contributed by atoms with Gasteiger partial charge in [0.2, 0.25) is 10.0 Å². The fraction of sp³-hybridized carbons (Fsp3) is 0.542. The number of sulfonamides is 1. The molecule has 0 aliphatic carbocycles. The summed E-state index contributed by atoms with van der Waals surface area (Å²) in [5.74, 6) is -0.230. The number of hydrogen-bond acceptors (Lipinski definition) is 5. The quantitative estimate of drug-likeness (QED) is 0.680. The van der Waals surface area contributed by atoms with Crippen molar-refractivity contribution in [2.75, 3.05) is 57.4 Å². The van der Waals surface area contributed by atoms with Gasteiger partial charge in [-0.25, -0.2) is 8.42 Å². The van der Waals surface area contributed by atoms with E-state index in [1.165, 1.54) is 15.4 Å². The molecule has 8 nitrogen and oxygen atoms in total. The van der Waals surface area contributed by atoms with E-state index in [0.29, 0.717) is 69.4 Å². The topological polar surface area (TPSA) is 75.1 Å². The SMILES string of the molecule is Cc1ccc(C)c(N2CCN(S(=O)(=O)c3c(C(=O)N4CCOCC4)c(C)n(C)c3C)CC2)c1. The van der Waals surface area contributed by atoms with E-state index >= 15 is 0 Å². The van der Waals surface area contributed by atoms with Gasteiger partial charge in [-0.2, -0.15) is 4.31 Å². The Kier molecular flexibility index (Phi) is 6.57. The highest BCUT2D eigenvalue weighted by Gasteiger charge is 2.38. The first kappa shape index (κ1) is 23.8. The van der Waals surface area contributed by atoms with Gasteiger partial charge < -0.3 is 19.1 Å². The molecule has 3 heterocycles. The van der Waals surface area contributed by atoms with E-state index in [1.807, 2.05) is 18.5 Å². The number of morpholine rings is 1. The van der Waals surface area contributed by atoms with Crippen LogP contribution in [0.5, 0.6) is 0 Å². The van der Waals surface area contributed by atoms with Crippen molar-refractivity contribution < 1.29 is 17.9 Å². The van der Waals surface area contributed by atoms with Gasteiger partial charge in [-0.05, 0) is 44.9 Å². The molecule has 0 N–H and O–H groups in total. The number of carbonyl (C=O) groups excluding carboxylic acids is 1. The molecule has 4 rings (SSSR count). The minimum Gasteiger partial charge on any atom is -0.378 e. The van der Waals surface area contributed by atoms with E-state index < -0.39 is 10.0 Å². The molecule has 1 aromatic carbocycles. The van der Waals surface area contributed by atoms with E-state index in [-0.39, 0.29) is 10.8 Å². The number of carbonyl (C=O) groups is 1. The number of piperazine rings is 1. The average Bonchev–Trinajstić information content (AvgIpc) is 3.05. The van der Waals surface area contributed by atoms with Gasteiger partial charge in [-0.1, -0.05) is 12.1 Å². The van der Waals surface area contributed by atoms with Crippen LogP contribution in [0.3, 0.4) is 0 Å². The van der Waals surface area contributed by atoms with Gasteiger partial charge in [0.05, 0.1) is 18.8 Å². The lowest BCUT2D eigenvalue weighted by molar-refractivity contribution is 0.0300. The number of anilines is 1. The third-order valence-corrected chi connectivity index (χ3v) is 9.04. The Bertz CT molecular complexity index is 1160. The summed E-state index contributed by atoms with van der Waals surface area (Å²) < 4.78 is 36.4. The van der Waals surface area contributed by atoms with E-state index in [0.717, 1.165) is 5.69 Å². The molecule has 0 saturated carbocycles. The molecule has 0 unspecified atom stereocenters. The lowest BCUT2D eigenvalue weighted by Gasteiger charge is -2.36. The molecule has 9 heteroatoms. The van der Waals surface area contributed by atoms with Crippen LogP contribution >= 0.6 is 0 Å². The second-order valence-electron chi connectivity index (χ2n) is 9.02. The largest absolute Gasteiger partial charge is 0.378 e. The number of aryl methyl sites for hydroxylation is 2. The maximum Gasteiger partial charge on any atom is 0.257 e. The Morgan fingerprint density at radius 2 is 1.55 bits per heavy atom. The van der Waals surface area contributed by atoms with Crippen LogP contribution in [-0.2, 0) is 21.8 Å². The first-order valence-electron chi connectivity index (χ1n) is 11.5. The van der Waals surface area contributed by atoms with Gasteiger partial charge in [0, 0.05) is 63.4 Å². The maximum atomic E-state index is 13.8. The number of amides is 1. The molecule has 2 aliphatic rings. The molecule has 1 aromatic heterocycles. The molecule has 0 bridgehead atoms. The van der Waals surface area contributed by atoms with Crippen LogP contribution in [0.1, 0.15) is 32.9 Å². The summed E-state index contributed by atoms with van der Waals surface area (Å²) in [5.41, 5.74) is 5.10. The normalized spacial score (nSPS) is 18.1. The van der Waals surface area contributed by atoms with Crippen LogP contribution in [-0.4, -0.2) is 80.6 Å². The summed E-state index contributed by atoms with van der Waals surface area (Å²) in [4.78, 5) is 17.5. The molecule has 2 aliphatic heterocycles. The zero-order valence-electron chi connectivity index (χ0n) is 20.2. The highest BCUT2D eigenvalue weighted by Crippen LogP contribution is 2.32. The molecule has 2 saturated heterocycles. The Morgan fingerprint density at radius 3 is 2.18 bits per heavy atom. The van der Waals surface area contributed by atoms with E-state index in [9.17, 15) is 13.2 Å². The Balaban J connectivity index is 1.62. The van der Waals surface area contributed by atoms with Gasteiger partial charge in [0.1, 0.15) is 4.90 Å². The molecule has 2 fully saturated rings. The van der Waals surface area contributed by atoms with Gasteiger partial charge in [-0.15, -0.1) is 0 Å². The van der Waals surface area contributed by atoms with E-state index in [2.05, 4.69) is 36.9 Å². The van der Waals surface area contributed by atoms with Crippen molar-refractivity contribution >= 4 is 21.6 Å². The molecular formula is C24H34N4O4S. The summed E-state index contributed by atoms with van der Waals surface area (Å²) in [6.07, 6.45) is 0. The monoisotopic (exact) mass is 474 g/mol. The fourth-order valence-corrected chi connectivity index (χ4v) is 6.67. The van der Waals surface area contributed by atoms with Crippen molar-refractivity contribution in [2.24, 2.45) is 7.05 Å². The minimum atomic E-state index is -3.83. The second-order valence-corrected chi connectivity index (χ2v) is 10.9. The van der Waals surface area contributed by atoms with Gasteiger partial charge in [-0.3, -0.25) is 4.79 Å². The number of nitrogens with zero attached hydrogens (tertiary/aromatic N) is 4. The number of ether oxygens (including phenoxy) is 1. The number of benzene rings is 1. The molecule has 0 radical (unpaired) electrons. The van der Waals surface area contributed by atoms with Crippen molar-refractivity contribution in [3.8, 4) is 0 Å². The average molecular weight is 475 g/mol. The first-order valence-corrected chi connectivity index (χ1v) is 12.9. The molecule has 33 heavy (non-hydrogen) atoms. The molecule has 0 atom stereocenters. The molecule has 180 valence electrons.